The van der Waals surface area contributed by atoms with Crippen LogP contribution in [0.1, 0.15) is 20.8 Å². The average Bonchev–Trinajstić information content (AvgIpc) is 2.16. The molecule has 1 rings (SSSR count). The van der Waals surface area contributed by atoms with Crippen LogP contribution in [0.4, 0.5) is 0 Å². The van der Waals surface area contributed by atoms with Gasteiger partial charge in [-0.1, -0.05) is 0 Å². The third kappa shape index (κ3) is 2.67. The van der Waals surface area contributed by atoms with Gasteiger partial charge in [-0.2, -0.15) is 0 Å². The predicted molar refractivity (Wildman–Crippen MR) is 56.0 cm³/mol. The van der Waals surface area contributed by atoms with Crippen molar-refractivity contribution in [3.05, 3.63) is 0 Å². The normalized spacial score (nSPS) is 28.3. The van der Waals surface area contributed by atoms with E-state index in [0.29, 0.717) is 6.04 Å². The zero-order valence-corrected chi connectivity index (χ0v) is 9.35. The largest absolute Gasteiger partial charge is 0.395 e. The summed E-state index contributed by atoms with van der Waals surface area (Å²) in [7, 11) is 0. The van der Waals surface area contributed by atoms with Crippen LogP contribution in [-0.4, -0.2) is 64.6 Å². The Bertz CT molecular complexity index is 174. The lowest BCUT2D eigenvalue weighted by Gasteiger charge is -2.43. The van der Waals surface area contributed by atoms with Crippen molar-refractivity contribution >= 4 is 0 Å². The lowest BCUT2D eigenvalue weighted by atomic mass is 10.1. The summed E-state index contributed by atoms with van der Waals surface area (Å²) in [4.78, 5) is 4.29. The highest BCUT2D eigenvalue weighted by Crippen LogP contribution is 2.13. The van der Waals surface area contributed by atoms with Crippen LogP contribution in [0, 0.1) is 0 Å². The fraction of sp³-hybridized carbons (Fsp3) is 1.00. The van der Waals surface area contributed by atoms with Crippen LogP contribution in [0.2, 0.25) is 0 Å². The molecule has 4 nitrogen and oxygen atoms in total. The summed E-state index contributed by atoms with van der Waals surface area (Å²) in [6, 6.07) is 0.589. The maximum Gasteiger partial charge on any atom is 0.104 e. The molecule has 0 saturated carbocycles. The first-order chi connectivity index (χ1) is 6.56. The van der Waals surface area contributed by atoms with Gasteiger partial charge >= 0.3 is 0 Å². The highest BCUT2D eigenvalue weighted by atomic mass is 16.3. The molecule has 0 amide bonds. The Morgan fingerprint density at radius 3 is 2.36 bits per heavy atom. The van der Waals surface area contributed by atoms with Gasteiger partial charge in [0.25, 0.3) is 0 Å². The molecule has 1 heterocycles. The van der Waals surface area contributed by atoms with Crippen LogP contribution in [0.3, 0.4) is 0 Å². The highest BCUT2D eigenvalue weighted by molar-refractivity contribution is 4.83. The first-order valence-corrected chi connectivity index (χ1v) is 5.35. The van der Waals surface area contributed by atoms with E-state index in [-0.39, 0.29) is 12.6 Å². The molecule has 1 aliphatic rings. The topological polar surface area (TPSA) is 46.9 Å². The molecule has 1 aliphatic heterocycles. The smallest absolute Gasteiger partial charge is 0.104 e. The molecule has 0 bridgehead atoms. The van der Waals surface area contributed by atoms with Crippen LogP contribution in [-0.2, 0) is 0 Å². The first kappa shape index (κ1) is 11.9. The minimum atomic E-state index is -0.457. The summed E-state index contributed by atoms with van der Waals surface area (Å²) in [6.07, 6.45) is -0.457. The third-order valence-corrected chi connectivity index (χ3v) is 2.98. The van der Waals surface area contributed by atoms with Crippen LogP contribution < -0.4 is 0 Å². The lowest BCUT2D eigenvalue weighted by Crippen LogP contribution is -2.58. The number of nitrogens with zero attached hydrogens (tertiary/aromatic N) is 2. The first-order valence-electron chi connectivity index (χ1n) is 5.35. The average molecular weight is 202 g/mol. The van der Waals surface area contributed by atoms with Crippen molar-refractivity contribution in [2.45, 2.75) is 39.1 Å². The van der Waals surface area contributed by atoms with E-state index in [1.807, 2.05) is 4.90 Å². The SMILES string of the molecule is CC(C)N1CCN(C(C)O)[C@@H](CO)C1. The summed E-state index contributed by atoms with van der Waals surface area (Å²) in [6.45, 7) is 8.85. The Morgan fingerprint density at radius 1 is 1.29 bits per heavy atom. The van der Waals surface area contributed by atoms with E-state index in [1.165, 1.54) is 0 Å². The molecule has 0 aromatic rings. The second kappa shape index (κ2) is 5.07. The van der Waals surface area contributed by atoms with Gasteiger partial charge in [-0.15, -0.1) is 0 Å². The molecule has 0 aromatic heterocycles. The molecule has 0 spiro atoms. The standard InChI is InChI=1S/C10H22N2O2/c1-8(2)11-4-5-12(9(3)14)10(6-11)7-13/h8-10,13-14H,4-7H2,1-3H3/t9?,10-/m1/s1. The van der Waals surface area contributed by atoms with Crippen molar-refractivity contribution in [1.82, 2.24) is 9.80 Å². The van der Waals surface area contributed by atoms with Crippen LogP contribution in [0.5, 0.6) is 0 Å². The molecule has 4 heteroatoms. The second-order valence-electron chi connectivity index (χ2n) is 4.29. The van der Waals surface area contributed by atoms with Gasteiger partial charge in [-0.25, -0.2) is 0 Å². The predicted octanol–water partition coefficient (Wildman–Crippen LogP) is -0.288. The van der Waals surface area contributed by atoms with Gasteiger partial charge in [-0.3, -0.25) is 9.80 Å². The van der Waals surface area contributed by atoms with E-state index in [2.05, 4.69) is 18.7 Å². The van der Waals surface area contributed by atoms with Crippen molar-refractivity contribution in [3.8, 4) is 0 Å². The Labute approximate surface area is 86.1 Å². The van der Waals surface area contributed by atoms with E-state index in [1.54, 1.807) is 6.92 Å². The lowest BCUT2D eigenvalue weighted by molar-refractivity contribution is -0.0680. The monoisotopic (exact) mass is 202 g/mol. The molecule has 84 valence electrons. The maximum absolute atomic E-state index is 9.50. The van der Waals surface area contributed by atoms with Gasteiger partial charge in [-0.05, 0) is 20.8 Å². The zero-order valence-electron chi connectivity index (χ0n) is 9.35. The third-order valence-electron chi connectivity index (χ3n) is 2.98. The molecular formula is C10H22N2O2. The van der Waals surface area contributed by atoms with Gasteiger partial charge in [0.1, 0.15) is 6.23 Å². The fourth-order valence-electron chi connectivity index (χ4n) is 2.02. The van der Waals surface area contributed by atoms with Crippen molar-refractivity contribution in [2.75, 3.05) is 26.2 Å². The molecule has 2 atom stereocenters. The Morgan fingerprint density at radius 2 is 1.93 bits per heavy atom. The van der Waals surface area contributed by atoms with Gasteiger partial charge in [0.05, 0.1) is 6.61 Å². The molecule has 0 aromatic carbocycles. The molecule has 0 aliphatic carbocycles. The van der Waals surface area contributed by atoms with Crippen molar-refractivity contribution in [3.63, 3.8) is 0 Å². The minimum absolute atomic E-state index is 0.0751. The highest BCUT2D eigenvalue weighted by Gasteiger charge is 2.29. The molecule has 2 N–H and O–H groups in total. The van der Waals surface area contributed by atoms with Crippen LogP contribution in [0.15, 0.2) is 0 Å². The van der Waals surface area contributed by atoms with Gasteiger partial charge in [0.2, 0.25) is 0 Å². The van der Waals surface area contributed by atoms with Crippen LogP contribution >= 0.6 is 0 Å². The molecule has 1 saturated heterocycles. The van der Waals surface area contributed by atoms with Crippen LogP contribution in [0.25, 0.3) is 0 Å². The number of hydrogen-bond acceptors (Lipinski definition) is 4. The van der Waals surface area contributed by atoms with Crippen molar-refractivity contribution < 1.29 is 10.2 Å². The molecular weight excluding hydrogens is 180 g/mol. The van der Waals surface area contributed by atoms with E-state index in [0.717, 1.165) is 19.6 Å². The summed E-state index contributed by atoms with van der Waals surface area (Å²) in [5, 5.41) is 18.7. The fourth-order valence-corrected chi connectivity index (χ4v) is 2.02. The minimum Gasteiger partial charge on any atom is -0.395 e. The second-order valence-corrected chi connectivity index (χ2v) is 4.29. The summed E-state index contributed by atoms with van der Waals surface area (Å²) < 4.78 is 0. The number of hydrogen-bond donors (Lipinski definition) is 2. The summed E-state index contributed by atoms with van der Waals surface area (Å²) in [5.74, 6) is 0. The number of aliphatic hydroxyl groups excluding tert-OH is 2. The molecule has 1 fully saturated rings. The Hall–Kier alpha value is -0.160. The van der Waals surface area contributed by atoms with Gasteiger partial charge in [0, 0.05) is 31.7 Å². The van der Waals surface area contributed by atoms with E-state index < -0.39 is 6.23 Å². The Balaban J connectivity index is 2.54. The Kier molecular flexibility index (Phi) is 4.31. The summed E-state index contributed by atoms with van der Waals surface area (Å²) >= 11 is 0. The van der Waals surface area contributed by atoms with Crippen molar-refractivity contribution in [2.24, 2.45) is 0 Å². The van der Waals surface area contributed by atoms with Gasteiger partial charge < -0.3 is 10.2 Å². The van der Waals surface area contributed by atoms with Gasteiger partial charge in [0.15, 0.2) is 0 Å². The zero-order chi connectivity index (χ0) is 10.7. The maximum atomic E-state index is 9.50. The van der Waals surface area contributed by atoms with E-state index in [4.69, 9.17) is 0 Å². The van der Waals surface area contributed by atoms with Crippen molar-refractivity contribution in [1.29, 1.82) is 0 Å². The van der Waals surface area contributed by atoms with E-state index >= 15 is 0 Å². The molecule has 1 unspecified atom stereocenters. The quantitative estimate of drug-likeness (QED) is 0.660. The number of aliphatic hydroxyl groups is 2. The molecule has 0 radical (unpaired) electrons. The summed E-state index contributed by atoms with van der Waals surface area (Å²) in [5.41, 5.74) is 0. The number of rotatable bonds is 3. The van der Waals surface area contributed by atoms with E-state index in [9.17, 15) is 10.2 Å². The number of piperazine rings is 1. The molecule has 14 heavy (non-hydrogen) atoms.